The van der Waals surface area contributed by atoms with Gasteiger partial charge in [0.1, 0.15) is 0 Å². The second-order valence-electron chi connectivity index (χ2n) is 4.46. The molecule has 0 fully saturated rings. The summed E-state index contributed by atoms with van der Waals surface area (Å²) in [6, 6.07) is 10.1. The van der Waals surface area contributed by atoms with Crippen molar-refractivity contribution in [3.8, 4) is 11.4 Å². The van der Waals surface area contributed by atoms with Gasteiger partial charge in [-0.1, -0.05) is 55.5 Å². The number of hydrogen-bond donors (Lipinski definition) is 0. The molecule has 3 aromatic rings. The molecule has 5 nitrogen and oxygen atoms in total. The van der Waals surface area contributed by atoms with Crippen molar-refractivity contribution in [1.82, 2.24) is 20.2 Å². The van der Waals surface area contributed by atoms with Gasteiger partial charge in [-0.25, -0.2) is 0 Å². The number of carbonyl (C=O) groups is 1. The lowest BCUT2D eigenvalue weighted by Crippen LogP contribution is -2.16. The van der Waals surface area contributed by atoms with Crippen LogP contribution >= 0.6 is 50.7 Å². The molecule has 0 saturated heterocycles. The third-order valence-electron chi connectivity index (χ3n) is 2.92. The summed E-state index contributed by atoms with van der Waals surface area (Å²) in [5, 5.41) is 12.3. The van der Waals surface area contributed by atoms with Crippen molar-refractivity contribution < 1.29 is 4.79 Å². The van der Waals surface area contributed by atoms with Gasteiger partial charge in [0.05, 0.1) is 15.6 Å². The Labute approximate surface area is 154 Å². The molecule has 1 heterocycles. The highest BCUT2D eigenvalue weighted by Gasteiger charge is 2.20. The molecule has 0 unspecified atom stereocenters. The van der Waals surface area contributed by atoms with Crippen LogP contribution in [0.25, 0.3) is 11.4 Å². The first-order valence-corrected chi connectivity index (χ1v) is 8.13. The van der Waals surface area contributed by atoms with E-state index >= 15 is 0 Å². The van der Waals surface area contributed by atoms with Crippen molar-refractivity contribution >= 4 is 56.6 Å². The van der Waals surface area contributed by atoms with Gasteiger partial charge in [0.2, 0.25) is 5.82 Å². The normalized spacial score (nSPS) is 10.8. The average Bonchev–Trinajstić information content (AvgIpc) is 2.96. The van der Waals surface area contributed by atoms with Crippen molar-refractivity contribution in [2.75, 3.05) is 0 Å². The molecule has 0 radical (unpaired) electrons. The molecule has 2 aromatic carbocycles. The van der Waals surface area contributed by atoms with Gasteiger partial charge in [0, 0.05) is 15.1 Å². The second-order valence-corrected chi connectivity index (χ2v) is 6.63. The predicted octanol–water partition coefficient (Wildman–Crippen LogP) is 4.75. The van der Waals surface area contributed by atoms with Crippen molar-refractivity contribution in [1.29, 1.82) is 0 Å². The van der Waals surface area contributed by atoms with Crippen LogP contribution in [0.15, 0.2) is 40.9 Å². The standard InChI is InChI=1S/C14H6BrCl3N4O/c15-8-3-1-7(2-4-8)13-19-21-22(20-13)14(23)12-10(17)5-9(16)6-11(12)18/h1-6H. The van der Waals surface area contributed by atoms with E-state index in [-0.39, 0.29) is 15.6 Å². The summed E-state index contributed by atoms with van der Waals surface area (Å²) in [5.74, 6) is -0.278. The minimum Gasteiger partial charge on any atom is -0.265 e. The molecule has 0 atom stereocenters. The molecule has 3 rings (SSSR count). The lowest BCUT2D eigenvalue weighted by molar-refractivity contribution is 0.0925. The van der Waals surface area contributed by atoms with Gasteiger partial charge in [-0.15, -0.1) is 10.2 Å². The van der Waals surface area contributed by atoms with Crippen LogP contribution in [-0.4, -0.2) is 26.1 Å². The number of tetrazole rings is 1. The molecule has 0 aliphatic heterocycles. The number of halogens is 4. The van der Waals surface area contributed by atoms with E-state index in [4.69, 9.17) is 34.8 Å². The summed E-state index contributed by atoms with van der Waals surface area (Å²) in [5.41, 5.74) is 0.790. The van der Waals surface area contributed by atoms with E-state index in [1.165, 1.54) is 12.1 Å². The Balaban J connectivity index is 1.97. The van der Waals surface area contributed by atoms with Gasteiger partial charge in [-0.3, -0.25) is 4.79 Å². The first-order valence-electron chi connectivity index (χ1n) is 6.21. The monoisotopic (exact) mass is 430 g/mol. The third kappa shape index (κ3) is 3.40. The van der Waals surface area contributed by atoms with Crippen LogP contribution in [0.3, 0.4) is 0 Å². The molecule has 0 bridgehead atoms. The molecule has 0 spiro atoms. The molecule has 23 heavy (non-hydrogen) atoms. The van der Waals surface area contributed by atoms with Crippen molar-refractivity contribution in [2.24, 2.45) is 0 Å². The van der Waals surface area contributed by atoms with E-state index in [1.54, 1.807) is 12.1 Å². The molecule has 0 aliphatic carbocycles. The summed E-state index contributed by atoms with van der Waals surface area (Å²) in [4.78, 5) is 13.3. The Kier molecular flexibility index (Phi) is 4.68. The third-order valence-corrected chi connectivity index (χ3v) is 4.26. The number of nitrogens with zero attached hydrogens (tertiary/aromatic N) is 4. The lowest BCUT2D eigenvalue weighted by Gasteiger charge is -2.05. The van der Waals surface area contributed by atoms with E-state index < -0.39 is 5.91 Å². The van der Waals surface area contributed by atoms with E-state index in [9.17, 15) is 4.79 Å². The largest absolute Gasteiger partial charge is 0.300 e. The first kappa shape index (κ1) is 16.4. The van der Waals surface area contributed by atoms with Gasteiger partial charge >= 0.3 is 0 Å². The second kappa shape index (κ2) is 6.57. The molecule has 9 heteroatoms. The quantitative estimate of drug-likeness (QED) is 0.586. The van der Waals surface area contributed by atoms with Gasteiger partial charge in [0.15, 0.2) is 0 Å². The topological polar surface area (TPSA) is 60.7 Å². The van der Waals surface area contributed by atoms with Crippen molar-refractivity contribution in [3.63, 3.8) is 0 Å². The summed E-state index contributed by atoms with van der Waals surface area (Å²) < 4.78 is 0.921. The summed E-state index contributed by atoms with van der Waals surface area (Å²) in [6.45, 7) is 0. The Bertz CT molecular complexity index is 872. The number of carbonyl (C=O) groups excluding carboxylic acids is 1. The maximum absolute atomic E-state index is 12.5. The summed E-state index contributed by atoms with van der Waals surface area (Å²) >= 11 is 21.3. The Morgan fingerprint density at radius 2 is 1.65 bits per heavy atom. The molecule has 0 N–H and O–H groups in total. The van der Waals surface area contributed by atoms with E-state index in [1.807, 2.05) is 12.1 Å². The fourth-order valence-electron chi connectivity index (χ4n) is 1.86. The number of benzene rings is 2. The first-order chi connectivity index (χ1) is 11.0. The minimum atomic E-state index is -0.590. The molecular weight excluding hydrogens is 426 g/mol. The van der Waals surface area contributed by atoms with E-state index in [0.29, 0.717) is 10.8 Å². The summed E-state index contributed by atoms with van der Waals surface area (Å²) in [6.07, 6.45) is 0. The summed E-state index contributed by atoms with van der Waals surface area (Å²) in [7, 11) is 0. The minimum absolute atomic E-state index is 0.0671. The van der Waals surface area contributed by atoms with Gasteiger partial charge in [0.25, 0.3) is 5.91 Å². The SMILES string of the molecule is O=C(c1c(Cl)cc(Cl)cc1Cl)n1nnc(-c2ccc(Br)cc2)n1. The van der Waals surface area contributed by atoms with Crippen LogP contribution < -0.4 is 0 Å². The van der Waals surface area contributed by atoms with Crippen LogP contribution in [0.2, 0.25) is 15.1 Å². The van der Waals surface area contributed by atoms with Crippen molar-refractivity contribution in [3.05, 3.63) is 61.5 Å². The lowest BCUT2D eigenvalue weighted by atomic mass is 10.2. The van der Waals surface area contributed by atoms with Crippen LogP contribution in [0.1, 0.15) is 10.4 Å². The van der Waals surface area contributed by atoms with Crippen LogP contribution in [0.4, 0.5) is 0 Å². The molecule has 116 valence electrons. The van der Waals surface area contributed by atoms with Gasteiger partial charge in [-0.05, 0) is 41.6 Å². The number of aromatic nitrogens is 4. The average molecular weight is 432 g/mol. The molecule has 0 aliphatic rings. The predicted molar refractivity (Wildman–Crippen MR) is 92.2 cm³/mol. The number of rotatable bonds is 2. The van der Waals surface area contributed by atoms with Crippen LogP contribution in [0.5, 0.6) is 0 Å². The Morgan fingerprint density at radius 1 is 1.04 bits per heavy atom. The molecule has 0 saturated carbocycles. The van der Waals surface area contributed by atoms with Gasteiger partial charge in [-0.2, -0.15) is 0 Å². The maximum atomic E-state index is 12.5. The molecule has 0 amide bonds. The molecular formula is C14H6BrCl3N4O. The van der Waals surface area contributed by atoms with E-state index in [2.05, 4.69) is 31.3 Å². The van der Waals surface area contributed by atoms with Gasteiger partial charge < -0.3 is 0 Å². The maximum Gasteiger partial charge on any atom is 0.300 e. The highest BCUT2D eigenvalue weighted by Crippen LogP contribution is 2.29. The van der Waals surface area contributed by atoms with Crippen LogP contribution in [-0.2, 0) is 0 Å². The highest BCUT2D eigenvalue weighted by molar-refractivity contribution is 9.10. The van der Waals surface area contributed by atoms with Crippen LogP contribution in [0, 0.1) is 0 Å². The van der Waals surface area contributed by atoms with Crippen molar-refractivity contribution in [2.45, 2.75) is 0 Å². The Morgan fingerprint density at radius 3 is 2.26 bits per heavy atom. The molecule has 1 aromatic heterocycles. The Hall–Kier alpha value is -1.47. The highest BCUT2D eigenvalue weighted by atomic mass is 79.9. The zero-order valence-electron chi connectivity index (χ0n) is 11.2. The number of hydrogen-bond acceptors (Lipinski definition) is 4. The zero-order valence-corrected chi connectivity index (χ0v) is 15.0. The zero-order chi connectivity index (χ0) is 16.6. The fourth-order valence-corrected chi connectivity index (χ4v) is 3.10. The van der Waals surface area contributed by atoms with E-state index in [0.717, 1.165) is 14.8 Å². The fraction of sp³-hybridized carbons (Fsp3) is 0. The smallest absolute Gasteiger partial charge is 0.265 e.